The topological polar surface area (TPSA) is 37.0 Å². The van der Waals surface area contributed by atoms with Gasteiger partial charge in [0.05, 0.1) is 0 Å². The first-order chi connectivity index (χ1) is 16.3. The molecule has 1 aromatic heterocycles. The van der Waals surface area contributed by atoms with Gasteiger partial charge in [0.1, 0.15) is 0 Å². The van der Waals surface area contributed by atoms with Crippen LogP contribution in [0.4, 0.5) is 11.4 Å². The van der Waals surface area contributed by atoms with Gasteiger partial charge in [-0.3, -0.25) is 4.98 Å². The number of anilines is 2. The van der Waals surface area contributed by atoms with Crippen LogP contribution in [-0.2, 0) is 0 Å². The van der Waals surface area contributed by atoms with Gasteiger partial charge in [0.2, 0.25) is 0 Å². The number of rotatable bonds is 14. The Hall–Kier alpha value is -3.59. The quantitative estimate of drug-likeness (QED) is 0.177. The van der Waals surface area contributed by atoms with Crippen LogP contribution in [0.1, 0.15) is 36.8 Å². The molecule has 0 bridgehead atoms. The van der Waals surface area contributed by atoms with Gasteiger partial charge in [-0.1, -0.05) is 79.0 Å². The summed E-state index contributed by atoms with van der Waals surface area (Å²) in [7, 11) is 0. The van der Waals surface area contributed by atoms with E-state index in [1.165, 1.54) is 11.3 Å². The molecule has 172 valence electrons. The summed E-state index contributed by atoms with van der Waals surface area (Å²) in [6.07, 6.45) is 33.3. The first-order valence-corrected chi connectivity index (χ1v) is 11.7. The van der Waals surface area contributed by atoms with E-state index in [-0.39, 0.29) is 0 Å². The number of aryl methyl sites for hydroxylation is 2. The summed E-state index contributed by atoms with van der Waals surface area (Å²) in [4.78, 5) is 4.08. The number of pyridine rings is 1. The van der Waals surface area contributed by atoms with Crippen molar-refractivity contribution in [2.45, 2.75) is 39.5 Å². The van der Waals surface area contributed by atoms with E-state index in [9.17, 15) is 0 Å². The van der Waals surface area contributed by atoms with E-state index >= 15 is 0 Å². The Bertz CT molecular complexity index is 978. The van der Waals surface area contributed by atoms with E-state index in [1.807, 2.05) is 49.7 Å². The van der Waals surface area contributed by atoms with Crippen LogP contribution in [0.15, 0.2) is 116 Å². The number of aromatic nitrogens is 1. The van der Waals surface area contributed by atoms with Crippen LogP contribution in [0.2, 0.25) is 0 Å². The monoisotopic (exact) mass is 439 g/mol. The lowest BCUT2D eigenvalue weighted by Crippen LogP contribution is -1.99. The summed E-state index contributed by atoms with van der Waals surface area (Å²) in [5.41, 5.74) is 4.70. The molecular formula is C30H37N3. The smallest absolute Gasteiger partial charge is 0.0440 e. The molecule has 0 atom stereocenters. The van der Waals surface area contributed by atoms with Crippen molar-refractivity contribution in [3.8, 4) is 0 Å². The number of hydrogen-bond donors (Lipinski definition) is 2. The SMILES string of the molecule is Cc1cnccc1N/C=C/C=C/C=C/C=C/CC/C=C\CC/C=C\CNc1ccccc1C. The summed E-state index contributed by atoms with van der Waals surface area (Å²) < 4.78 is 0. The van der Waals surface area contributed by atoms with E-state index in [2.05, 4.69) is 89.3 Å². The van der Waals surface area contributed by atoms with E-state index in [1.54, 1.807) is 6.20 Å². The van der Waals surface area contributed by atoms with E-state index < -0.39 is 0 Å². The number of hydrogen-bond acceptors (Lipinski definition) is 3. The maximum absolute atomic E-state index is 4.08. The zero-order valence-corrected chi connectivity index (χ0v) is 20.0. The van der Waals surface area contributed by atoms with Crippen LogP contribution in [-0.4, -0.2) is 11.5 Å². The maximum atomic E-state index is 4.08. The third-order valence-corrected chi connectivity index (χ3v) is 4.94. The Kier molecular flexibility index (Phi) is 13.2. The minimum absolute atomic E-state index is 0.876. The molecule has 2 aromatic rings. The zero-order chi connectivity index (χ0) is 23.4. The fourth-order valence-electron chi connectivity index (χ4n) is 3.02. The second-order valence-electron chi connectivity index (χ2n) is 7.69. The molecule has 0 spiro atoms. The van der Waals surface area contributed by atoms with Crippen LogP contribution >= 0.6 is 0 Å². The molecular weight excluding hydrogens is 402 g/mol. The van der Waals surface area contributed by atoms with E-state index in [0.29, 0.717) is 0 Å². The predicted molar refractivity (Wildman–Crippen MR) is 146 cm³/mol. The number of nitrogens with zero attached hydrogens (tertiary/aromatic N) is 1. The van der Waals surface area contributed by atoms with Gasteiger partial charge in [0, 0.05) is 36.5 Å². The summed E-state index contributed by atoms with van der Waals surface area (Å²) in [5.74, 6) is 0. The molecule has 2 N–H and O–H groups in total. The number of allylic oxidation sites excluding steroid dienone is 10. The Morgan fingerprint density at radius 1 is 0.667 bits per heavy atom. The number of nitrogens with one attached hydrogen (secondary N) is 2. The molecule has 0 aliphatic carbocycles. The van der Waals surface area contributed by atoms with Crippen molar-refractivity contribution in [1.82, 2.24) is 4.98 Å². The molecule has 2 rings (SSSR count). The molecule has 0 saturated heterocycles. The molecule has 33 heavy (non-hydrogen) atoms. The van der Waals surface area contributed by atoms with Crippen molar-refractivity contribution in [2.75, 3.05) is 17.2 Å². The standard InChI is InChI=1S/C30H37N3/c1-27-20-16-17-21-29(27)32-23-18-14-12-10-8-6-4-3-5-7-9-11-13-15-19-24-33-30-22-25-31-26-28(30)2/h5-9,11,13-22,24-26,32H,3-4,10,12,23H2,1-2H3,(H,31,33)/b7-5+,8-6-,11-9+,15-13+,18-14-,24-19+. The van der Waals surface area contributed by atoms with Gasteiger partial charge in [-0.2, -0.15) is 0 Å². The first-order valence-electron chi connectivity index (χ1n) is 11.7. The number of benzene rings is 1. The Morgan fingerprint density at radius 3 is 2.09 bits per heavy atom. The van der Waals surface area contributed by atoms with E-state index in [4.69, 9.17) is 0 Å². The van der Waals surface area contributed by atoms with Crippen molar-refractivity contribution in [1.29, 1.82) is 0 Å². The predicted octanol–water partition coefficient (Wildman–Crippen LogP) is 8.08. The molecule has 1 aromatic carbocycles. The fourth-order valence-corrected chi connectivity index (χ4v) is 3.02. The largest absolute Gasteiger partial charge is 0.381 e. The lowest BCUT2D eigenvalue weighted by atomic mass is 10.2. The Morgan fingerprint density at radius 2 is 1.33 bits per heavy atom. The maximum Gasteiger partial charge on any atom is 0.0440 e. The van der Waals surface area contributed by atoms with Gasteiger partial charge >= 0.3 is 0 Å². The average Bonchev–Trinajstić information content (AvgIpc) is 2.82. The highest BCUT2D eigenvalue weighted by molar-refractivity contribution is 5.51. The van der Waals surface area contributed by atoms with Crippen LogP contribution in [0, 0.1) is 13.8 Å². The molecule has 3 nitrogen and oxygen atoms in total. The third-order valence-electron chi connectivity index (χ3n) is 4.94. The van der Waals surface area contributed by atoms with Crippen molar-refractivity contribution in [3.05, 3.63) is 127 Å². The second kappa shape index (κ2) is 17.0. The van der Waals surface area contributed by atoms with Gasteiger partial charge in [0.15, 0.2) is 0 Å². The van der Waals surface area contributed by atoms with Gasteiger partial charge in [-0.05, 0) is 68.9 Å². The molecule has 1 heterocycles. The number of para-hydroxylation sites is 1. The molecule has 0 amide bonds. The highest BCUT2D eigenvalue weighted by Gasteiger charge is 1.93. The fraction of sp³-hybridized carbons (Fsp3) is 0.233. The lowest BCUT2D eigenvalue weighted by Gasteiger charge is -2.06. The summed E-state index contributed by atoms with van der Waals surface area (Å²) >= 11 is 0. The summed E-state index contributed by atoms with van der Waals surface area (Å²) in [6, 6.07) is 10.3. The number of unbranched alkanes of at least 4 members (excludes halogenated alkanes) is 2. The molecule has 3 heteroatoms. The highest BCUT2D eigenvalue weighted by Crippen LogP contribution is 2.12. The summed E-state index contributed by atoms with van der Waals surface area (Å²) in [5, 5.41) is 6.69. The van der Waals surface area contributed by atoms with Crippen molar-refractivity contribution in [3.63, 3.8) is 0 Å². The molecule has 0 fully saturated rings. The molecule has 0 aliphatic heterocycles. The van der Waals surface area contributed by atoms with Gasteiger partial charge < -0.3 is 10.6 Å². The van der Waals surface area contributed by atoms with E-state index in [0.717, 1.165) is 43.5 Å². The van der Waals surface area contributed by atoms with Crippen LogP contribution in [0.3, 0.4) is 0 Å². The molecule has 0 aliphatic rings. The van der Waals surface area contributed by atoms with Crippen molar-refractivity contribution >= 4 is 11.4 Å². The highest BCUT2D eigenvalue weighted by atomic mass is 14.9. The van der Waals surface area contributed by atoms with Gasteiger partial charge in [-0.25, -0.2) is 0 Å². The van der Waals surface area contributed by atoms with Crippen LogP contribution in [0.5, 0.6) is 0 Å². The second-order valence-corrected chi connectivity index (χ2v) is 7.69. The molecule has 0 radical (unpaired) electrons. The third kappa shape index (κ3) is 12.1. The Balaban J connectivity index is 1.46. The minimum atomic E-state index is 0.876. The average molecular weight is 440 g/mol. The van der Waals surface area contributed by atoms with Crippen LogP contribution in [0.25, 0.3) is 0 Å². The Labute approximate surface area is 200 Å². The van der Waals surface area contributed by atoms with Crippen molar-refractivity contribution < 1.29 is 0 Å². The molecule has 0 saturated carbocycles. The van der Waals surface area contributed by atoms with Crippen LogP contribution < -0.4 is 10.6 Å². The van der Waals surface area contributed by atoms with Crippen molar-refractivity contribution in [2.24, 2.45) is 0 Å². The zero-order valence-electron chi connectivity index (χ0n) is 20.0. The van der Waals surface area contributed by atoms with Gasteiger partial charge in [-0.15, -0.1) is 0 Å². The summed E-state index contributed by atoms with van der Waals surface area (Å²) in [6.45, 7) is 5.04. The lowest BCUT2D eigenvalue weighted by molar-refractivity contribution is 1.00. The van der Waals surface area contributed by atoms with Gasteiger partial charge in [0.25, 0.3) is 0 Å². The first kappa shape index (κ1) is 25.7. The normalized spacial score (nSPS) is 12.4. The molecule has 0 unspecified atom stereocenters. The minimum Gasteiger partial charge on any atom is -0.381 e.